The van der Waals surface area contributed by atoms with E-state index in [2.05, 4.69) is 44.4 Å². The molecule has 2 rings (SSSR count). The molecule has 124 valence electrons. The Morgan fingerprint density at radius 2 is 1.96 bits per heavy atom. The van der Waals surface area contributed by atoms with Gasteiger partial charge in [-0.05, 0) is 50.3 Å². The molecule has 4 nitrogen and oxygen atoms in total. The zero-order valence-electron chi connectivity index (χ0n) is 14.6. The third kappa shape index (κ3) is 3.81. The van der Waals surface area contributed by atoms with Crippen molar-refractivity contribution in [2.24, 2.45) is 17.3 Å². The number of hydrogen-bond acceptors (Lipinski definition) is 2. The molecule has 23 heavy (non-hydrogen) atoms. The number of nitrogens with one attached hydrogen (secondary N) is 2. The Morgan fingerprint density at radius 1 is 1.26 bits per heavy atom. The fourth-order valence-corrected chi connectivity index (χ4v) is 3.07. The summed E-state index contributed by atoms with van der Waals surface area (Å²) in [6.45, 7) is 10.8. The van der Waals surface area contributed by atoms with E-state index in [0.717, 1.165) is 0 Å². The van der Waals surface area contributed by atoms with Crippen molar-refractivity contribution in [2.75, 3.05) is 11.9 Å². The van der Waals surface area contributed by atoms with Crippen LogP contribution in [0.1, 0.15) is 45.0 Å². The largest absolute Gasteiger partial charge is 0.352 e. The summed E-state index contributed by atoms with van der Waals surface area (Å²) >= 11 is 0. The van der Waals surface area contributed by atoms with Gasteiger partial charge >= 0.3 is 0 Å². The van der Waals surface area contributed by atoms with Crippen LogP contribution in [-0.2, 0) is 4.79 Å². The van der Waals surface area contributed by atoms with Gasteiger partial charge in [0.1, 0.15) is 0 Å². The first kappa shape index (κ1) is 17.3. The molecule has 1 saturated carbocycles. The van der Waals surface area contributed by atoms with Crippen LogP contribution < -0.4 is 10.6 Å². The van der Waals surface area contributed by atoms with E-state index in [0.29, 0.717) is 17.8 Å². The van der Waals surface area contributed by atoms with Crippen molar-refractivity contribution >= 4 is 17.5 Å². The van der Waals surface area contributed by atoms with E-state index in [1.165, 1.54) is 5.57 Å². The normalized spacial score (nSPS) is 21.3. The minimum atomic E-state index is -0.127. The lowest BCUT2D eigenvalue weighted by atomic mass is 10.1. The standard InChI is InChI=1S/C19H26N2O2/c1-6-20-17(22)13-8-7-9-14(11-13)21-18(23)16-15(10-12(2)3)19(16,4)5/h7-11,15-16H,6H2,1-5H3,(H,20,22)(H,21,23). The maximum absolute atomic E-state index is 12.5. The highest BCUT2D eigenvalue weighted by Gasteiger charge is 2.60. The van der Waals surface area contributed by atoms with Gasteiger partial charge in [-0.2, -0.15) is 0 Å². The van der Waals surface area contributed by atoms with Crippen LogP contribution in [0.15, 0.2) is 35.9 Å². The summed E-state index contributed by atoms with van der Waals surface area (Å²) in [5.74, 6) is 0.146. The number of anilines is 1. The molecular formula is C19H26N2O2. The van der Waals surface area contributed by atoms with E-state index in [1.54, 1.807) is 18.2 Å². The van der Waals surface area contributed by atoms with Crippen LogP contribution in [0.3, 0.4) is 0 Å². The lowest BCUT2D eigenvalue weighted by Gasteiger charge is -2.08. The van der Waals surface area contributed by atoms with Crippen LogP contribution in [0, 0.1) is 17.3 Å². The predicted molar refractivity (Wildman–Crippen MR) is 93.3 cm³/mol. The summed E-state index contributed by atoms with van der Waals surface area (Å²) in [4.78, 5) is 24.4. The molecule has 1 aliphatic rings. The first-order valence-electron chi connectivity index (χ1n) is 8.11. The molecule has 0 aliphatic heterocycles. The minimum Gasteiger partial charge on any atom is -0.352 e. The van der Waals surface area contributed by atoms with Gasteiger partial charge in [-0.3, -0.25) is 9.59 Å². The van der Waals surface area contributed by atoms with E-state index in [9.17, 15) is 9.59 Å². The average Bonchev–Trinajstić information content (AvgIpc) is 2.99. The SMILES string of the molecule is CCNC(=O)c1cccc(NC(=O)C2C(C=C(C)C)C2(C)C)c1. The Bertz CT molecular complexity index is 643. The molecule has 1 aliphatic carbocycles. The topological polar surface area (TPSA) is 58.2 Å². The summed E-state index contributed by atoms with van der Waals surface area (Å²) in [7, 11) is 0. The van der Waals surface area contributed by atoms with Crippen molar-refractivity contribution in [3.05, 3.63) is 41.5 Å². The minimum absolute atomic E-state index is 0.0153. The van der Waals surface area contributed by atoms with Gasteiger partial charge in [-0.15, -0.1) is 0 Å². The van der Waals surface area contributed by atoms with Crippen LogP contribution in [0.2, 0.25) is 0 Å². The molecule has 2 atom stereocenters. The zero-order chi connectivity index (χ0) is 17.2. The lowest BCUT2D eigenvalue weighted by Crippen LogP contribution is -2.23. The van der Waals surface area contributed by atoms with E-state index in [4.69, 9.17) is 0 Å². The van der Waals surface area contributed by atoms with Crippen LogP contribution in [-0.4, -0.2) is 18.4 Å². The van der Waals surface area contributed by atoms with Gasteiger partial charge in [0.25, 0.3) is 5.91 Å². The molecule has 0 spiro atoms. The van der Waals surface area contributed by atoms with Crippen LogP contribution >= 0.6 is 0 Å². The fourth-order valence-electron chi connectivity index (χ4n) is 3.07. The predicted octanol–water partition coefficient (Wildman–Crippen LogP) is 3.61. The average molecular weight is 314 g/mol. The highest BCUT2D eigenvalue weighted by atomic mass is 16.2. The first-order valence-corrected chi connectivity index (χ1v) is 8.11. The van der Waals surface area contributed by atoms with Crippen LogP contribution in [0.4, 0.5) is 5.69 Å². The lowest BCUT2D eigenvalue weighted by molar-refractivity contribution is -0.118. The molecule has 2 amide bonds. The second kappa shape index (κ2) is 6.57. The molecule has 2 unspecified atom stereocenters. The van der Waals surface area contributed by atoms with Crippen molar-refractivity contribution in [1.29, 1.82) is 0 Å². The smallest absolute Gasteiger partial charge is 0.251 e. The molecule has 0 saturated heterocycles. The molecule has 0 aromatic heterocycles. The molecule has 0 radical (unpaired) electrons. The van der Waals surface area contributed by atoms with Crippen molar-refractivity contribution in [2.45, 2.75) is 34.6 Å². The summed E-state index contributed by atoms with van der Waals surface area (Å²) in [6.07, 6.45) is 2.18. The molecule has 2 N–H and O–H groups in total. The second-order valence-corrected chi connectivity index (χ2v) is 7.00. The Kier molecular flexibility index (Phi) is 4.93. The van der Waals surface area contributed by atoms with E-state index >= 15 is 0 Å². The van der Waals surface area contributed by atoms with Crippen molar-refractivity contribution in [3.8, 4) is 0 Å². The number of carbonyl (C=O) groups excluding carboxylic acids is 2. The first-order chi connectivity index (χ1) is 10.8. The Morgan fingerprint density at radius 3 is 2.57 bits per heavy atom. The van der Waals surface area contributed by atoms with Gasteiger partial charge in [0.15, 0.2) is 0 Å². The monoisotopic (exact) mass is 314 g/mol. The quantitative estimate of drug-likeness (QED) is 0.816. The van der Waals surface area contributed by atoms with Crippen LogP contribution in [0.5, 0.6) is 0 Å². The number of amides is 2. The number of allylic oxidation sites excluding steroid dienone is 2. The molecule has 0 heterocycles. The van der Waals surface area contributed by atoms with E-state index in [1.807, 2.05) is 13.0 Å². The molecule has 0 bridgehead atoms. The summed E-state index contributed by atoms with van der Waals surface area (Å²) in [5, 5.41) is 5.71. The zero-order valence-corrected chi connectivity index (χ0v) is 14.6. The Labute approximate surface area is 138 Å². The van der Waals surface area contributed by atoms with Crippen molar-refractivity contribution in [1.82, 2.24) is 5.32 Å². The number of benzene rings is 1. The summed E-state index contributed by atoms with van der Waals surface area (Å²) in [5.41, 5.74) is 2.44. The molecule has 4 heteroatoms. The molecule has 1 aromatic rings. The highest BCUT2D eigenvalue weighted by molar-refractivity contribution is 5.99. The maximum Gasteiger partial charge on any atom is 0.251 e. The van der Waals surface area contributed by atoms with Crippen molar-refractivity contribution < 1.29 is 9.59 Å². The van der Waals surface area contributed by atoms with Gasteiger partial charge in [-0.1, -0.05) is 31.6 Å². The van der Waals surface area contributed by atoms with Gasteiger partial charge in [0.2, 0.25) is 5.91 Å². The third-order valence-electron chi connectivity index (χ3n) is 4.44. The Balaban J connectivity index is 2.08. The van der Waals surface area contributed by atoms with E-state index in [-0.39, 0.29) is 29.1 Å². The molecule has 1 fully saturated rings. The summed E-state index contributed by atoms with van der Waals surface area (Å²) in [6, 6.07) is 7.06. The third-order valence-corrected chi connectivity index (χ3v) is 4.44. The maximum atomic E-state index is 12.5. The number of hydrogen-bond donors (Lipinski definition) is 2. The fraction of sp³-hybridized carbons (Fsp3) is 0.474. The second-order valence-electron chi connectivity index (χ2n) is 7.00. The van der Waals surface area contributed by atoms with Gasteiger partial charge < -0.3 is 10.6 Å². The highest BCUT2D eigenvalue weighted by Crippen LogP contribution is 2.59. The van der Waals surface area contributed by atoms with E-state index < -0.39 is 0 Å². The van der Waals surface area contributed by atoms with Gasteiger partial charge in [0.05, 0.1) is 5.92 Å². The summed E-state index contributed by atoms with van der Waals surface area (Å²) < 4.78 is 0. The number of carbonyl (C=O) groups is 2. The molecule has 1 aromatic carbocycles. The van der Waals surface area contributed by atoms with Gasteiger partial charge in [0, 0.05) is 17.8 Å². The van der Waals surface area contributed by atoms with Crippen LogP contribution in [0.25, 0.3) is 0 Å². The Hall–Kier alpha value is -2.10. The molecular weight excluding hydrogens is 288 g/mol. The van der Waals surface area contributed by atoms with Crippen molar-refractivity contribution in [3.63, 3.8) is 0 Å². The van der Waals surface area contributed by atoms with Gasteiger partial charge in [-0.25, -0.2) is 0 Å². The number of rotatable bonds is 5.